The Morgan fingerprint density at radius 3 is 0.984 bits per heavy atom. The Kier molecular flexibility index (Phi) is 9.88. The number of hydrogen-bond acceptors (Lipinski definition) is 8. The molecule has 0 bridgehead atoms. The fourth-order valence-electron chi connectivity index (χ4n) is 7.34. The summed E-state index contributed by atoms with van der Waals surface area (Å²) >= 11 is 0. The van der Waals surface area contributed by atoms with Gasteiger partial charge in [-0.05, 0) is 120 Å². The van der Waals surface area contributed by atoms with Gasteiger partial charge in [-0.2, -0.15) is 26.3 Å². The SMILES string of the molecule is O=C(O)c1ccc2c(c1)C(=O)N(c1ccc(Oc3ccc(C(c4ccc(Oc5ccc(N6C(=O)c7ccc(C(=O)O)cc7C6=O)cc5)cc4)(C(F)(F)F)C(F)(F)F)cc3)cc1)C2=O. The van der Waals surface area contributed by atoms with Gasteiger partial charge in [0.05, 0.1) is 44.8 Å². The summed E-state index contributed by atoms with van der Waals surface area (Å²) in [5, 5.41) is 18.5. The van der Waals surface area contributed by atoms with Crippen LogP contribution in [0.4, 0.5) is 37.7 Å². The number of imide groups is 2. The first-order valence-corrected chi connectivity index (χ1v) is 18.2. The summed E-state index contributed by atoms with van der Waals surface area (Å²) in [7, 11) is 0. The summed E-state index contributed by atoms with van der Waals surface area (Å²) in [6, 6.07) is 23.5. The van der Waals surface area contributed by atoms with Crippen molar-refractivity contribution < 1.29 is 74.8 Å². The van der Waals surface area contributed by atoms with Gasteiger partial charge in [0.1, 0.15) is 23.0 Å². The number of hydrogen-bond donors (Lipinski definition) is 2. The Balaban J connectivity index is 0.987. The van der Waals surface area contributed by atoms with Crippen LogP contribution in [0.2, 0.25) is 0 Å². The fourth-order valence-corrected chi connectivity index (χ4v) is 7.34. The molecule has 0 aromatic heterocycles. The molecule has 0 saturated heterocycles. The zero-order chi connectivity index (χ0) is 45.2. The van der Waals surface area contributed by atoms with Crippen LogP contribution in [-0.2, 0) is 5.41 Å². The molecule has 0 atom stereocenters. The van der Waals surface area contributed by atoms with E-state index in [-0.39, 0.29) is 67.8 Å². The molecule has 2 aliphatic rings. The number of halogens is 6. The minimum Gasteiger partial charge on any atom is -0.478 e. The van der Waals surface area contributed by atoms with Crippen LogP contribution in [0.3, 0.4) is 0 Å². The second kappa shape index (κ2) is 15.0. The Morgan fingerprint density at radius 2 is 0.698 bits per heavy atom. The molecule has 0 unspecified atom stereocenters. The minimum absolute atomic E-state index is 0.0154. The number of carbonyl (C=O) groups excluding carboxylic acids is 4. The molecule has 0 saturated carbocycles. The molecule has 0 fully saturated rings. The molecule has 2 N–H and O–H groups in total. The van der Waals surface area contributed by atoms with Gasteiger partial charge in [-0.15, -0.1) is 0 Å². The molecule has 6 aromatic carbocycles. The number of ether oxygens (including phenoxy) is 2. The summed E-state index contributed by atoms with van der Waals surface area (Å²) in [5.41, 5.74) is -7.39. The average Bonchev–Trinajstić information content (AvgIpc) is 3.64. The van der Waals surface area contributed by atoms with Crippen molar-refractivity contribution in [2.24, 2.45) is 0 Å². The Morgan fingerprint density at radius 1 is 0.413 bits per heavy atom. The lowest BCUT2D eigenvalue weighted by molar-refractivity contribution is -0.288. The number of carboxylic acid groups (broad SMARTS) is 2. The summed E-state index contributed by atoms with van der Waals surface area (Å²) < 4.78 is 101. The predicted molar refractivity (Wildman–Crippen MR) is 208 cm³/mol. The van der Waals surface area contributed by atoms with Gasteiger partial charge >= 0.3 is 24.3 Å². The third-order valence-corrected chi connectivity index (χ3v) is 10.4. The van der Waals surface area contributed by atoms with Gasteiger partial charge in [-0.1, -0.05) is 24.3 Å². The number of benzene rings is 6. The number of rotatable bonds is 10. The Labute approximate surface area is 349 Å². The van der Waals surface area contributed by atoms with Crippen LogP contribution < -0.4 is 19.3 Å². The van der Waals surface area contributed by atoms with Gasteiger partial charge in [0.2, 0.25) is 5.41 Å². The topological polar surface area (TPSA) is 168 Å². The quantitative estimate of drug-likeness (QED) is 0.0999. The minimum atomic E-state index is -5.92. The van der Waals surface area contributed by atoms with Crippen molar-refractivity contribution in [3.05, 3.63) is 178 Å². The van der Waals surface area contributed by atoms with Crippen molar-refractivity contribution in [1.82, 2.24) is 0 Å². The molecule has 6 aromatic rings. The van der Waals surface area contributed by atoms with Gasteiger partial charge in [0.15, 0.2) is 0 Å². The predicted octanol–water partition coefficient (Wildman–Crippen LogP) is 9.68. The number of nitrogens with zero attached hydrogens (tertiary/aromatic N) is 2. The molecule has 0 spiro atoms. The molecule has 18 heteroatoms. The molecule has 316 valence electrons. The van der Waals surface area contributed by atoms with Gasteiger partial charge in [0.25, 0.3) is 23.6 Å². The number of carboxylic acids is 2. The van der Waals surface area contributed by atoms with Crippen molar-refractivity contribution >= 4 is 46.9 Å². The number of carbonyl (C=O) groups is 6. The van der Waals surface area contributed by atoms with Crippen molar-refractivity contribution in [3.63, 3.8) is 0 Å². The second-order valence-corrected chi connectivity index (χ2v) is 14.0. The van der Waals surface area contributed by atoms with Gasteiger partial charge in [0, 0.05) is 0 Å². The highest BCUT2D eigenvalue weighted by atomic mass is 19.4. The molecule has 12 nitrogen and oxygen atoms in total. The molecule has 2 aliphatic heterocycles. The van der Waals surface area contributed by atoms with Crippen LogP contribution in [0, 0.1) is 0 Å². The van der Waals surface area contributed by atoms with E-state index in [2.05, 4.69) is 0 Å². The largest absolute Gasteiger partial charge is 0.478 e. The molecular weight excluding hydrogens is 842 g/mol. The van der Waals surface area contributed by atoms with Gasteiger partial charge in [-0.25, -0.2) is 19.4 Å². The summed E-state index contributed by atoms with van der Waals surface area (Å²) in [6.07, 6.45) is -11.8. The normalized spacial score (nSPS) is 13.9. The fraction of sp³-hybridized carbons (Fsp3) is 0.0667. The number of anilines is 2. The van der Waals surface area contributed by atoms with Crippen molar-refractivity contribution in [2.45, 2.75) is 17.8 Å². The summed E-state index contributed by atoms with van der Waals surface area (Å²) in [6.45, 7) is 0. The zero-order valence-electron chi connectivity index (χ0n) is 31.5. The maximum atomic E-state index is 14.9. The maximum absolute atomic E-state index is 14.9. The number of amides is 4. The molecule has 0 aliphatic carbocycles. The lowest BCUT2D eigenvalue weighted by atomic mass is 9.73. The van der Waals surface area contributed by atoms with Crippen LogP contribution in [-0.4, -0.2) is 58.1 Å². The molecule has 0 radical (unpaired) electrons. The number of alkyl halides is 6. The number of aromatic carboxylic acids is 2. The van der Waals surface area contributed by atoms with E-state index >= 15 is 0 Å². The van der Waals surface area contributed by atoms with Gasteiger partial charge < -0.3 is 19.7 Å². The van der Waals surface area contributed by atoms with E-state index in [1.165, 1.54) is 72.8 Å². The van der Waals surface area contributed by atoms with E-state index in [9.17, 15) is 65.3 Å². The first-order chi connectivity index (χ1) is 29.8. The molecular formula is C45H24F6N2O10. The van der Waals surface area contributed by atoms with Crippen LogP contribution in [0.15, 0.2) is 133 Å². The average molecular weight is 867 g/mol. The maximum Gasteiger partial charge on any atom is 0.411 e. The molecule has 2 heterocycles. The smallest absolute Gasteiger partial charge is 0.411 e. The Bertz CT molecular complexity index is 2700. The monoisotopic (exact) mass is 866 g/mol. The molecule has 63 heavy (non-hydrogen) atoms. The highest BCUT2D eigenvalue weighted by Gasteiger charge is 2.72. The highest BCUT2D eigenvalue weighted by Crippen LogP contribution is 2.56. The van der Waals surface area contributed by atoms with E-state index in [1.54, 1.807) is 0 Å². The second-order valence-electron chi connectivity index (χ2n) is 14.0. The summed E-state index contributed by atoms with van der Waals surface area (Å²) in [5.74, 6) is -5.82. The lowest BCUT2D eigenvalue weighted by Gasteiger charge is -2.38. The third-order valence-electron chi connectivity index (χ3n) is 10.4. The lowest BCUT2D eigenvalue weighted by Crippen LogP contribution is -2.54. The van der Waals surface area contributed by atoms with Crippen LogP contribution >= 0.6 is 0 Å². The van der Waals surface area contributed by atoms with E-state index in [4.69, 9.17) is 9.47 Å². The highest BCUT2D eigenvalue weighted by molar-refractivity contribution is 6.35. The molecule has 4 amide bonds. The van der Waals surface area contributed by atoms with Crippen molar-refractivity contribution in [3.8, 4) is 23.0 Å². The first-order valence-electron chi connectivity index (χ1n) is 18.2. The van der Waals surface area contributed by atoms with Crippen molar-refractivity contribution in [2.75, 3.05) is 9.80 Å². The number of fused-ring (bicyclic) bond motifs is 2. The van der Waals surface area contributed by atoms with E-state index in [0.29, 0.717) is 24.3 Å². The summed E-state index contributed by atoms with van der Waals surface area (Å²) in [4.78, 5) is 76.2. The van der Waals surface area contributed by atoms with Crippen LogP contribution in [0.25, 0.3) is 0 Å². The van der Waals surface area contributed by atoms with Gasteiger partial charge in [-0.3, -0.25) is 19.2 Å². The zero-order valence-corrected chi connectivity index (χ0v) is 31.5. The van der Waals surface area contributed by atoms with E-state index in [0.717, 1.165) is 46.2 Å². The standard InChI is InChI=1S/C45H24F6N2O10/c46-44(47,48)43(45(49,50)51,25-3-11-29(12-4-25)62-31-15-7-27(8-16-31)52-37(54)33-19-1-23(41(58)59)21-35(33)39(52)56)26-5-13-30(14-6-26)63-32-17-9-28(10-18-32)53-38(55)34-20-2-24(42(60)61)22-36(34)40(53)57/h1-22H,(H,58,59)(H,60,61). The van der Waals surface area contributed by atoms with Crippen molar-refractivity contribution in [1.29, 1.82) is 0 Å². The first kappa shape index (κ1) is 41.5. The van der Waals surface area contributed by atoms with Crippen LogP contribution in [0.1, 0.15) is 73.3 Å². The molecule has 8 rings (SSSR count). The Hall–Kier alpha value is -8.28. The van der Waals surface area contributed by atoms with E-state index < -0.39 is 64.5 Å². The van der Waals surface area contributed by atoms with E-state index in [1.807, 2.05) is 0 Å². The third kappa shape index (κ3) is 6.96. The van der Waals surface area contributed by atoms with Crippen LogP contribution in [0.5, 0.6) is 23.0 Å².